The maximum absolute atomic E-state index is 12.2. The van der Waals surface area contributed by atoms with Gasteiger partial charge in [-0.25, -0.2) is 4.98 Å². The number of hydrogen-bond acceptors (Lipinski definition) is 2. The Morgan fingerprint density at radius 1 is 1.15 bits per heavy atom. The Morgan fingerprint density at radius 3 is 2.80 bits per heavy atom. The number of rotatable bonds is 2. The van der Waals surface area contributed by atoms with Gasteiger partial charge in [-0.2, -0.15) is 0 Å². The molecule has 3 heteroatoms. The minimum Gasteiger partial charge on any atom is -0.310 e. The predicted molar refractivity (Wildman–Crippen MR) is 80.1 cm³/mol. The number of hydrogen-bond donors (Lipinski definition) is 1. The van der Waals surface area contributed by atoms with Crippen molar-refractivity contribution in [3.63, 3.8) is 0 Å². The van der Waals surface area contributed by atoms with Crippen LogP contribution in [0.5, 0.6) is 0 Å². The molecule has 0 atom stereocenters. The largest absolute Gasteiger partial charge is 0.310 e. The van der Waals surface area contributed by atoms with Gasteiger partial charge in [-0.15, -0.1) is 0 Å². The van der Waals surface area contributed by atoms with Crippen molar-refractivity contribution in [1.29, 1.82) is 0 Å². The van der Waals surface area contributed by atoms with Crippen LogP contribution in [0.2, 0.25) is 0 Å². The fraction of sp³-hybridized carbons (Fsp3) is 0.412. The number of aromatic amines is 1. The number of fused-ring (bicyclic) bond motifs is 1. The average Bonchev–Trinajstić information content (AvgIpc) is 2.67. The van der Waals surface area contributed by atoms with E-state index in [9.17, 15) is 4.79 Å². The fourth-order valence-corrected chi connectivity index (χ4v) is 2.90. The van der Waals surface area contributed by atoms with Gasteiger partial charge in [0.1, 0.15) is 5.82 Å². The molecule has 1 aliphatic rings. The molecule has 3 rings (SSSR count). The normalized spacial score (nSPS) is 14.7. The van der Waals surface area contributed by atoms with Crippen molar-refractivity contribution in [3.05, 3.63) is 62.8 Å². The molecule has 0 saturated carbocycles. The van der Waals surface area contributed by atoms with E-state index in [1.54, 1.807) is 0 Å². The maximum Gasteiger partial charge on any atom is 0.254 e. The molecule has 0 bridgehead atoms. The van der Waals surface area contributed by atoms with E-state index < -0.39 is 0 Å². The molecule has 0 spiro atoms. The molecular formula is C17H20N2O. The van der Waals surface area contributed by atoms with Gasteiger partial charge in [0.15, 0.2) is 0 Å². The van der Waals surface area contributed by atoms with E-state index >= 15 is 0 Å². The molecule has 1 N–H and O–H groups in total. The number of H-pyrrole nitrogens is 1. The zero-order chi connectivity index (χ0) is 13.9. The number of aryl methyl sites for hydroxylation is 2. The highest BCUT2D eigenvalue weighted by Gasteiger charge is 2.14. The lowest BCUT2D eigenvalue weighted by molar-refractivity contribution is 0.708. The summed E-state index contributed by atoms with van der Waals surface area (Å²) >= 11 is 0. The van der Waals surface area contributed by atoms with Gasteiger partial charge in [0.2, 0.25) is 0 Å². The molecule has 3 nitrogen and oxygen atoms in total. The van der Waals surface area contributed by atoms with Gasteiger partial charge in [0, 0.05) is 12.0 Å². The van der Waals surface area contributed by atoms with Crippen molar-refractivity contribution in [1.82, 2.24) is 9.97 Å². The van der Waals surface area contributed by atoms with E-state index in [-0.39, 0.29) is 5.56 Å². The molecule has 0 fully saturated rings. The smallest absolute Gasteiger partial charge is 0.254 e. The molecule has 1 aromatic heterocycles. The fourth-order valence-electron chi connectivity index (χ4n) is 2.90. The summed E-state index contributed by atoms with van der Waals surface area (Å²) in [7, 11) is 0. The first-order valence-corrected chi connectivity index (χ1v) is 7.39. The van der Waals surface area contributed by atoms with Crippen LogP contribution in [-0.2, 0) is 19.3 Å². The van der Waals surface area contributed by atoms with Crippen LogP contribution in [0.1, 0.15) is 47.5 Å². The standard InChI is InChI=1S/C17H20N2O/c1-12-7-5-6-8-13(12)11-16-18-15-10-4-2-3-9-14(15)17(20)19-16/h5-8H,2-4,9-11H2,1H3,(H,18,19,20). The van der Waals surface area contributed by atoms with Crippen LogP contribution in [0, 0.1) is 6.92 Å². The summed E-state index contributed by atoms with van der Waals surface area (Å²) < 4.78 is 0. The number of nitrogens with one attached hydrogen (secondary N) is 1. The molecule has 20 heavy (non-hydrogen) atoms. The summed E-state index contributed by atoms with van der Waals surface area (Å²) in [6.45, 7) is 2.09. The molecular weight excluding hydrogens is 248 g/mol. The summed E-state index contributed by atoms with van der Waals surface area (Å²) in [4.78, 5) is 19.9. The second-order valence-corrected chi connectivity index (χ2v) is 5.60. The zero-order valence-electron chi connectivity index (χ0n) is 11.9. The lowest BCUT2D eigenvalue weighted by atomic mass is 10.1. The van der Waals surface area contributed by atoms with Gasteiger partial charge in [-0.3, -0.25) is 4.79 Å². The molecule has 0 saturated heterocycles. The Balaban J connectivity index is 1.95. The minimum absolute atomic E-state index is 0.0699. The van der Waals surface area contributed by atoms with Crippen LogP contribution in [0.15, 0.2) is 29.1 Å². The Labute approximate surface area is 119 Å². The van der Waals surface area contributed by atoms with E-state index in [2.05, 4.69) is 24.0 Å². The Kier molecular flexibility index (Phi) is 3.68. The van der Waals surface area contributed by atoms with Crippen molar-refractivity contribution in [3.8, 4) is 0 Å². The van der Waals surface area contributed by atoms with Crippen molar-refractivity contribution in [2.45, 2.75) is 45.4 Å². The van der Waals surface area contributed by atoms with Gasteiger partial charge < -0.3 is 4.98 Å². The predicted octanol–water partition coefficient (Wildman–Crippen LogP) is 2.94. The highest BCUT2D eigenvalue weighted by molar-refractivity contribution is 5.29. The second-order valence-electron chi connectivity index (χ2n) is 5.60. The maximum atomic E-state index is 12.2. The number of nitrogens with zero attached hydrogens (tertiary/aromatic N) is 1. The number of benzene rings is 1. The van der Waals surface area contributed by atoms with Crippen LogP contribution < -0.4 is 5.56 Å². The summed E-state index contributed by atoms with van der Waals surface area (Å²) in [5.41, 5.74) is 4.47. The van der Waals surface area contributed by atoms with E-state index in [0.29, 0.717) is 6.42 Å². The van der Waals surface area contributed by atoms with Gasteiger partial charge in [0.25, 0.3) is 5.56 Å². The molecule has 0 aliphatic heterocycles. The number of aromatic nitrogens is 2. The first-order chi connectivity index (χ1) is 9.74. The third-order valence-electron chi connectivity index (χ3n) is 4.11. The van der Waals surface area contributed by atoms with Gasteiger partial charge in [0.05, 0.1) is 5.69 Å². The van der Waals surface area contributed by atoms with Crippen molar-refractivity contribution < 1.29 is 0 Å². The van der Waals surface area contributed by atoms with Gasteiger partial charge in [-0.1, -0.05) is 30.7 Å². The highest BCUT2D eigenvalue weighted by atomic mass is 16.1. The van der Waals surface area contributed by atoms with Crippen molar-refractivity contribution in [2.75, 3.05) is 0 Å². The Bertz CT molecular complexity index is 673. The molecule has 0 radical (unpaired) electrons. The van der Waals surface area contributed by atoms with Crippen LogP contribution >= 0.6 is 0 Å². The summed E-state index contributed by atoms with van der Waals surface area (Å²) in [6.07, 6.45) is 5.97. The lowest BCUT2D eigenvalue weighted by Crippen LogP contribution is -2.20. The van der Waals surface area contributed by atoms with Crippen molar-refractivity contribution >= 4 is 0 Å². The summed E-state index contributed by atoms with van der Waals surface area (Å²) in [5.74, 6) is 0.796. The molecule has 104 valence electrons. The van der Waals surface area contributed by atoms with Crippen LogP contribution in [0.3, 0.4) is 0 Å². The lowest BCUT2D eigenvalue weighted by Gasteiger charge is -2.09. The monoisotopic (exact) mass is 268 g/mol. The van der Waals surface area contributed by atoms with Crippen LogP contribution in [0.4, 0.5) is 0 Å². The third kappa shape index (κ3) is 2.67. The van der Waals surface area contributed by atoms with Gasteiger partial charge in [-0.05, 0) is 43.7 Å². The summed E-state index contributed by atoms with van der Waals surface area (Å²) in [6, 6.07) is 8.26. The molecule has 1 heterocycles. The molecule has 0 unspecified atom stereocenters. The topological polar surface area (TPSA) is 45.8 Å². The van der Waals surface area contributed by atoms with E-state index in [0.717, 1.165) is 42.8 Å². The quantitative estimate of drug-likeness (QED) is 0.851. The summed E-state index contributed by atoms with van der Waals surface area (Å²) in [5, 5.41) is 0. The minimum atomic E-state index is 0.0699. The van der Waals surface area contributed by atoms with Gasteiger partial charge >= 0.3 is 0 Å². The average molecular weight is 268 g/mol. The highest BCUT2D eigenvalue weighted by Crippen LogP contribution is 2.17. The molecule has 1 aromatic carbocycles. The Hall–Kier alpha value is -1.90. The van der Waals surface area contributed by atoms with E-state index in [1.165, 1.54) is 17.5 Å². The molecule has 1 aliphatic carbocycles. The zero-order valence-corrected chi connectivity index (χ0v) is 11.9. The van der Waals surface area contributed by atoms with E-state index in [4.69, 9.17) is 4.98 Å². The SMILES string of the molecule is Cc1ccccc1Cc1nc2c(c(=O)[nH]1)CCCCC2. The van der Waals surface area contributed by atoms with Crippen molar-refractivity contribution in [2.24, 2.45) is 0 Å². The van der Waals surface area contributed by atoms with E-state index in [1.807, 2.05) is 12.1 Å². The first kappa shape index (κ1) is 13.1. The Morgan fingerprint density at radius 2 is 1.95 bits per heavy atom. The molecule has 0 amide bonds. The molecule has 2 aromatic rings. The van der Waals surface area contributed by atoms with Crippen LogP contribution in [-0.4, -0.2) is 9.97 Å². The second kappa shape index (κ2) is 5.61. The third-order valence-corrected chi connectivity index (χ3v) is 4.11. The first-order valence-electron chi connectivity index (χ1n) is 7.39. The van der Waals surface area contributed by atoms with Crippen LogP contribution in [0.25, 0.3) is 0 Å².